The summed E-state index contributed by atoms with van der Waals surface area (Å²) >= 11 is 0. The SMILES string of the molecule is Nc1ccc(-c2c(C#CC(F)(F)F)c3ccc(OC4CCOCC4)cc3n2C2CCC2)cc1. The molecule has 2 N–H and O–H groups in total. The van der Waals surface area contributed by atoms with Gasteiger partial charge in [-0.05, 0) is 49.1 Å². The maximum absolute atomic E-state index is 13.1. The molecule has 7 heteroatoms. The number of benzene rings is 2. The van der Waals surface area contributed by atoms with Gasteiger partial charge in [-0.2, -0.15) is 13.2 Å². The molecule has 0 radical (unpaired) electrons. The second-order valence-electron chi connectivity index (χ2n) is 8.66. The Morgan fingerprint density at radius 3 is 2.36 bits per heavy atom. The third kappa shape index (κ3) is 4.53. The number of anilines is 1. The van der Waals surface area contributed by atoms with Crippen molar-refractivity contribution in [3.8, 4) is 28.8 Å². The van der Waals surface area contributed by atoms with Gasteiger partial charge in [-0.3, -0.25) is 0 Å². The van der Waals surface area contributed by atoms with E-state index in [1.54, 1.807) is 12.1 Å². The zero-order valence-electron chi connectivity index (χ0n) is 18.1. The normalized spacial score (nSPS) is 17.4. The number of aromatic nitrogens is 1. The highest BCUT2D eigenvalue weighted by atomic mass is 19.4. The lowest BCUT2D eigenvalue weighted by atomic mass is 9.92. The zero-order valence-corrected chi connectivity index (χ0v) is 18.1. The van der Waals surface area contributed by atoms with Gasteiger partial charge in [0.1, 0.15) is 11.9 Å². The van der Waals surface area contributed by atoms with Crippen LogP contribution in [0.4, 0.5) is 18.9 Å². The zero-order chi connectivity index (χ0) is 23.0. The number of rotatable bonds is 4. The number of ether oxygens (including phenoxy) is 2. The molecule has 0 spiro atoms. The molecule has 0 unspecified atom stereocenters. The van der Waals surface area contributed by atoms with Crippen molar-refractivity contribution >= 4 is 16.6 Å². The molecule has 1 saturated heterocycles. The van der Waals surface area contributed by atoms with Crippen LogP contribution in [0.1, 0.15) is 43.7 Å². The monoisotopic (exact) mass is 454 g/mol. The molecule has 1 aliphatic carbocycles. The van der Waals surface area contributed by atoms with E-state index < -0.39 is 6.18 Å². The van der Waals surface area contributed by atoms with Crippen molar-refractivity contribution in [3.05, 3.63) is 48.0 Å². The van der Waals surface area contributed by atoms with Crippen molar-refractivity contribution in [1.29, 1.82) is 0 Å². The van der Waals surface area contributed by atoms with E-state index in [0.29, 0.717) is 41.3 Å². The van der Waals surface area contributed by atoms with E-state index >= 15 is 0 Å². The van der Waals surface area contributed by atoms with E-state index in [0.717, 1.165) is 43.2 Å². The summed E-state index contributed by atoms with van der Waals surface area (Å²) in [6, 6.07) is 13.0. The number of halogens is 3. The van der Waals surface area contributed by atoms with E-state index in [9.17, 15) is 13.2 Å². The van der Waals surface area contributed by atoms with Gasteiger partial charge in [0, 0.05) is 41.9 Å². The fraction of sp³-hybridized carbons (Fsp3) is 0.385. The summed E-state index contributed by atoms with van der Waals surface area (Å²) in [7, 11) is 0. The van der Waals surface area contributed by atoms with Gasteiger partial charge in [-0.25, -0.2) is 0 Å². The third-order valence-corrected chi connectivity index (χ3v) is 6.40. The van der Waals surface area contributed by atoms with Crippen LogP contribution in [0.5, 0.6) is 5.75 Å². The number of hydrogen-bond donors (Lipinski definition) is 1. The van der Waals surface area contributed by atoms with E-state index in [1.807, 2.05) is 30.3 Å². The predicted octanol–water partition coefficient (Wildman–Crippen LogP) is 6.09. The molecule has 2 aliphatic rings. The number of nitrogen functional groups attached to an aromatic ring is 1. The summed E-state index contributed by atoms with van der Waals surface area (Å²) in [6.45, 7) is 1.34. The van der Waals surface area contributed by atoms with Gasteiger partial charge in [0.05, 0.1) is 30.0 Å². The quantitative estimate of drug-likeness (QED) is 0.384. The molecular formula is C26H25F3N2O2. The Kier molecular flexibility index (Phi) is 5.71. The van der Waals surface area contributed by atoms with Gasteiger partial charge in [0.2, 0.25) is 0 Å². The number of hydrogen-bond acceptors (Lipinski definition) is 3. The van der Waals surface area contributed by atoms with Gasteiger partial charge >= 0.3 is 6.18 Å². The predicted molar refractivity (Wildman–Crippen MR) is 122 cm³/mol. The molecule has 1 aromatic heterocycles. The van der Waals surface area contributed by atoms with Crippen LogP contribution >= 0.6 is 0 Å². The van der Waals surface area contributed by atoms with Gasteiger partial charge < -0.3 is 19.8 Å². The summed E-state index contributed by atoms with van der Waals surface area (Å²) < 4.78 is 53.0. The van der Waals surface area contributed by atoms with Gasteiger partial charge in [0.15, 0.2) is 0 Å². The Bertz CT molecular complexity index is 1210. The molecule has 1 saturated carbocycles. The lowest BCUT2D eigenvalue weighted by Gasteiger charge is -2.30. The van der Waals surface area contributed by atoms with Crippen molar-refractivity contribution in [2.45, 2.75) is 50.4 Å². The molecule has 172 valence electrons. The highest BCUT2D eigenvalue weighted by molar-refractivity contribution is 5.96. The van der Waals surface area contributed by atoms with E-state index in [2.05, 4.69) is 10.5 Å². The first-order valence-corrected chi connectivity index (χ1v) is 11.3. The van der Waals surface area contributed by atoms with Gasteiger partial charge in [-0.15, -0.1) is 0 Å². The summed E-state index contributed by atoms with van der Waals surface area (Å²) in [5.41, 5.74) is 9.20. The minimum atomic E-state index is -4.57. The van der Waals surface area contributed by atoms with E-state index in [-0.39, 0.29) is 12.1 Å². The second kappa shape index (κ2) is 8.68. The van der Waals surface area contributed by atoms with Crippen molar-refractivity contribution in [1.82, 2.24) is 4.57 Å². The molecule has 0 atom stereocenters. The Morgan fingerprint density at radius 1 is 1.00 bits per heavy atom. The number of nitrogens with two attached hydrogens (primary N) is 1. The minimum absolute atomic E-state index is 0.0735. The largest absolute Gasteiger partial charge is 0.490 e. The van der Waals surface area contributed by atoms with E-state index in [4.69, 9.17) is 15.2 Å². The molecule has 2 fully saturated rings. The third-order valence-electron chi connectivity index (χ3n) is 6.40. The average molecular weight is 454 g/mol. The Labute approximate surface area is 190 Å². The number of fused-ring (bicyclic) bond motifs is 1. The first-order valence-electron chi connectivity index (χ1n) is 11.3. The van der Waals surface area contributed by atoms with Crippen LogP contribution in [0.3, 0.4) is 0 Å². The molecule has 0 bridgehead atoms. The Hall–Kier alpha value is -3.11. The fourth-order valence-electron chi connectivity index (χ4n) is 4.56. The maximum Gasteiger partial charge on any atom is 0.458 e. The van der Waals surface area contributed by atoms with Crippen LogP contribution in [-0.2, 0) is 4.74 Å². The van der Waals surface area contributed by atoms with Crippen molar-refractivity contribution < 1.29 is 22.6 Å². The van der Waals surface area contributed by atoms with Crippen LogP contribution in [-0.4, -0.2) is 30.1 Å². The van der Waals surface area contributed by atoms with Crippen LogP contribution < -0.4 is 10.5 Å². The fourth-order valence-corrected chi connectivity index (χ4v) is 4.56. The van der Waals surface area contributed by atoms with Gasteiger partial charge in [-0.1, -0.05) is 18.1 Å². The summed E-state index contributed by atoms with van der Waals surface area (Å²) in [5, 5.41) is 0.699. The summed E-state index contributed by atoms with van der Waals surface area (Å²) in [6.07, 6.45) is 0.181. The smallest absolute Gasteiger partial charge is 0.458 e. The first kappa shape index (κ1) is 21.7. The van der Waals surface area contributed by atoms with Crippen LogP contribution in [0.2, 0.25) is 0 Å². The molecule has 3 aromatic rings. The van der Waals surface area contributed by atoms with Gasteiger partial charge in [0.25, 0.3) is 0 Å². The molecular weight excluding hydrogens is 429 g/mol. The Morgan fingerprint density at radius 2 is 1.73 bits per heavy atom. The van der Waals surface area contributed by atoms with E-state index in [1.165, 1.54) is 5.92 Å². The molecule has 4 nitrogen and oxygen atoms in total. The summed E-state index contributed by atoms with van der Waals surface area (Å²) in [5.74, 6) is 4.65. The number of alkyl halides is 3. The Balaban J connectivity index is 1.69. The standard InChI is InChI=1S/C26H25F3N2O2/c27-26(28,29)13-10-23-22-9-8-21(33-20-11-14-32-15-12-20)16-24(22)31(19-2-1-3-19)25(23)17-4-6-18(30)7-5-17/h4-9,16,19-20H,1-3,11-12,14-15,30H2. The molecule has 0 amide bonds. The van der Waals surface area contributed by atoms with Crippen molar-refractivity contribution in [2.75, 3.05) is 18.9 Å². The molecule has 2 heterocycles. The van der Waals surface area contributed by atoms with Crippen molar-refractivity contribution in [2.24, 2.45) is 0 Å². The number of nitrogens with zero attached hydrogens (tertiary/aromatic N) is 1. The highest BCUT2D eigenvalue weighted by Gasteiger charge is 2.29. The topological polar surface area (TPSA) is 49.4 Å². The first-order chi connectivity index (χ1) is 15.9. The highest BCUT2D eigenvalue weighted by Crippen LogP contribution is 2.43. The summed E-state index contributed by atoms with van der Waals surface area (Å²) in [4.78, 5) is 0. The average Bonchev–Trinajstić information content (AvgIpc) is 3.05. The van der Waals surface area contributed by atoms with Crippen molar-refractivity contribution in [3.63, 3.8) is 0 Å². The maximum atomic E-state index is 13.1. The van der Waals surface area contributed by atoms with Crippen LogP contribution in [0, 0.1) is 11.8 Å². The lowest BCUT2D eigenvalue weighted by molar-refractivity contribution is -0.0696. The lowest BCUT2D eigenvalue weighted by Crippen LogP contribution is -2.25. The second-order valence-corrected chi connectivity index (χ2v) is 8.66. The minimum Gasteiger partial charge on any atom is -0.490 e. The molecule has 1 aliphatic heterocycles. The molecule has 33 heavy (non-hydrogen) atoms. The van der Waals surface area contributed by atoms with Crippen LogP contribution in [0.15, 0.2) is 42.5 Å². The molecule has 2 aromatic carbocycles. The molecule has 5 rings (SSSR count). The van der Waals surface area contributed by atoms with Crippen LogP contribution in [0.25, 0.3) is 22.2 Å².